The second-order valence-corrected chi connectivity index (χ2v) is 7.45. The van der Waals surface area contributed by atoms with Crippen LogP contribution in [0.3, 0.4) is 0 Å². The highest BCUT2D eigenvalue weighted by Crippen LogP contribution is 2.11. The maximum absolute atomic E-state index is 5.23. The molecular weight excluding hydrogens is 376 g/mol. The van der Waals surface area contributed by atoms with Gasteiger partial charge in [-0.2, -0.15) is 0 Å². The Bertz CT molecular complexity index is 797. The lowest BCUT2D eigenvalue weighted by Gasteiger charge is -2.22. The highest BCUT2D eigenvalue weighted by molar-refractivity contribution is 5.79. The normalized spacial score (nSPS) is 11.4. The van der Waals surface area contributed by atoms with Crippen molar-refractivity contribution in [3.05, 3.63) is 54.1 Å². The quantitative estimate of drug-likeness (QED) is 0.250. The van der Waals surface area contributed by atoms with Gasteiger partial charge in [0.25, 0.3) is 0 Å². The predicted molar refractivity (Wildman–Crippen MR) is 123 cm³/mol. The van der Waals surface area contributed by atoms with E-state index in [1.807, 2.05) is 36.7 Å². The summed E-state index contributed by atoms with van der Waals surface area (Å²) in [4.78, 5) is 7.01. The van der Waals surface area contributed by atoms with Gasteiger partial charge in [0, 0.05) is 27.2 Å². The molecule has 0 aliphatic carbocycles. The molecule has 0 aliphatic rings. The number of rotatable bonds is 12. The van der Waals surface area contributed by atoms with E-state index in [0.717, 1.165) is 55.7 Å². The first-order chi connectivity index (χ1) is 14.5. The second kappa shape index (κ2) is 12.7. The number of allylic oxidation sites excluding steroid dienone is 1. The van der Waals surface area contributed by atoms with Gasteiger partial charge in [-0.05, 0) is 50.3 Å². The lowest BCUT2D eigenvalue weighted by Crippen LogP contribution is -2.40. The van der Waals surface area contributed by atoms with Crippen molar-refractivity contribution in [3.8, 4) is 5.75 Å². The van der Waals surface area contributed by atoms with Crippen molar-refractivity contribution in [2.75, 3.05) is 27.2 Å². The molecule has 7 nitrogen and oxygen atoms in total. The van der Waals surface area contributed by atoms with E-state index in [1.54, 1.807) is 7.11 Å². The van der Waals surface area contributed by atoms with Gasteiger partial charge in [0.2, 0.25) is 0 Å². The van der Waals surface area contributed by atoms with Crippen molar-refractivity contribution >= 4 is 5.96 Å². The monoisotopic (exact) mass is 412 g/mol. The van der Waals surface area contributed by atoms with E-state index in [0.29, 0.717) is 6.54 Å². The Kier molecular flexibility index (Phi) is 9.91. The van der Waals surface area contributed by atoms with Crippen LogP contribution in [-0.2, 0) is 20.0 Å². The summed E-state index contributed by atoms with van der Waals surface area (Å²) in [6.07, 6.45) is 7.49. The molecule has 0 spiro atoms. The molecule has 1 aromatic carbocycles. The van der Waals surface area contributed by atoms with E-state index in [4.69, 9.17) is 9.73 Å². The third-order valence-electron chi connectivity index (χ3n) is 5.17. The summed E-state index contributed by atoms with van der Waals surface area (Å²) >= 11 is 0. The molecule has 0 saturated heterocycles. The molecule has 0 saturated carbocycles. The number of benzene rings is 1. The highest BCUT2D eigenvalue weighted by atomic mass is 16.5. The smallest absolute Gasteiger partial charge is 0.194 e. The average Bonchev–Trinajstić information content (AvgIpc) is 3.08. The van der Waals surface area contributed by atoms with Crippen LogP contribution in [0.15, 0.2) is 41.9 Å². The molecule has 1 heterocycles. The van der Waals surface area contributed by atoms with E-state index in [2.05, 4.69) is 46.2 Å². The van der Waals surface area contributed by atoms with Crippen LogP contribution in [0.25, 0.3) is 0 Å². The summed E-state index contributed by atoms with van der Waals surface area (Å²) in [5.41, 5.74) is 1.26. The number of hydrogen-bond acceptors (Lipinski definition) is 4. The Hall–Kier alpha value is -2.83. The molecule has 1 aromatic heterocycles. The SMILES string of the molecule is C=CCCCCCN(C)C(=NCc1nnc(C)n1C)NCCc1ccc(OC)cc1. The van der Waals surface area contributed by atoms with Gasteiger partial charge in [-0.25, -0.2) is 4.99 Å². The maximum atomic E-state index is 5.23. The standard InChI is InChI=1S/C23H36N6O/c1-6-7-8-9-10-17-28(3)23(25-18-22-27-26-19(2)29(22)4)24-16-15-20-11-13-21(30-5)14-12-20/h6,11-14H,1,7-10,15-18H2,2-5H3,(H,24,25). The number of hydrogen-bond donors (Lipinski definition) is 1. The third kappa shape index (κ3) is 7.54. The second-order valence-electron chi connectivity index (χ2n) is 7.45. The van der Waals surface area contributed by atoms with Crippen LogP contribution < -0.4 is 10.1 Å². The van der Waals surface area contributed by atoms with Crippen molar-refractivity contribution in [2.24, 2.45) is 12.0 Å². The highest BCUT2D eigenvalue weighted by Gasteiger charge is 2.09. The largest absolute Gasteiger partial charge is 0.497 e. The van der Waals surface area contributed by atoms with Crippen LogP contribution in [-0.4, -0.2) is 52.9 Å². The summed E-state index contributed by atoms with van der Waals surface area (Å²) in [6, 6.07) is 8.19. The zero-order chi connectivity index (χ0) is 21.8. The first kappa shape index (κ1) is 23.4. The molecule has 2 aromatic rings. The van der Waals surface area contributed by atoms with Crippen LogP contribution in [0.2, 0.25) is 0 Å². The Morgan fingerprint density at radius 3 is 2.63 bits per heavy atom. The number of ether oxygens (including phenoxy) is 1. The fourth-order valence-corrected chi connectivity index (χ4v) is 3.08. The number of aryl methyl sites for hydroxylation is 1. The fourth-order valence-electron chi connectivity index (χ4n) is 3.08. The summed E-state index contributed by atoms with van der Waals surface area (Å²) in [6.45, 7) is 8.01. The van der Waals surface area contributed by atoms with Gasteiger partial charge < -0.3 is 19.5 Å². The fraction of sp³-hybridized carbons (Fsp3) is 0.522. The number of aliphatic imine (C=N–C) groups is 1. The molecule has 164 valence electrons. The molecule has 0 bridgehead atoms. The molecule has 30 heavy (non-hydrogen) atoms. The Labute approximate surface area is 180 Å². The van der Waals surface area contributed by atoms with Crippen molar-refractivity contribution in [2.45, 2.75) is 45.6 Å². The van der Waals surface area contributed by atoms with E-state index in [1.165, 1.54) is 18.4 Å². The van der Waals surface area contributed by atoms with Crippen LogP contribution in [0.5, 0.6) is 5.75 Å². The number of nitrogens with zero attached hydrogens (tertiary/aromatic N) is 5. The van der Waals surface area contributed by atoms with Gasteiger partial charge in [-0.1, -0.05) is 24.6 Å². The minimum atomic E-state index is 0.503. The molecule has 0 atom stereocenters. The Morgan fingerprint density at radius 1 is 1.23 bits per heavy atom. The van der Waals surface area contributed by atoms with Gasteiger partial charge in [0.1, 0.15) is 18.1 Å². The summed E-state index contributed by atoms with van der Waals surface area (Å²) in [5, 5.41) is 11.9. The van der Waals surface area contributed by atoms with Gasteiger partial charge in [0.15, 0.2) is 11.8 Å². The topological polar surface area (TPSA) is 67.6 Å². The summed E-state index contributed by atoms with van der Waals surface area (Å²) in [5.74, 6) is 3.53. The number of aromatic nitrogens is 3. The van der Waals surface area contributed by atoms with E-state index in [9.17, 15) is 0 Å². The number of guanidine groups is 1. The molecule has 0 aliphatic heterocycles. The van der Waals surface area contributed by atoms with Crippen molar-refractivity contribution < 1.29 is 4.74 Å². The predicted octanol–water partition coefficient (Wildman–Crippen LogP) is 3.50. The molecule has 2 rings (SSSR count). The molecular formula is C23H36N6O. The lowest BCUT2D eigenvalue weighted by molar-refractivity contribution is 0.414. The van der Waals surface area contributed by atoms with Crippen LogP contribution in [0.1, 0.15) is 42.9 Å². The zero-order valence-electron chi connectivity index (χ0n) is 18.9. The minimum absolute atomic E-state index is 0.503. The Balaban J connectivity index is 1.95. The first-order valence-corrected chi connectivity index (χ1v) is 10.6. The van der Waals surface area contributed by atoms with Gasteiger partial charge in [-0.15, -0.1) is 16.8 Å². The molecule has 0 amide bonds. The summed E-state index contributed by atoms with van der Waals surface area (Å²) in [7, 11) is 5.75. The van der Waals surface area contributed by atoms with Crippen molar-refractivity contribution in [1.82, 2.24) is 25.0 Å². The van der Waals surface area contributed by atoms with Crippen molar-refractivity contribution in [3.63, 3.8) is 0 Å². The van der Waals surface area contributed by atoms with Crippen LogP contribution >= 0.6 is 0 Å². The van der Waals surface area contributed by atoms with E-state index < -0.39 is 0 Å². The van der Waals surface area contributed by atoms with Crippen LogP contribution in [0, 0.1) is 6.92 Å². The molecule has 0 unspecified atom stereocenters. The van der Waals surface area contributed by atoms with Crippen LogP contribution in [0.4, 0.5) is 0 Å². The zero-order valence-corrected chi connectivity index (χ0v) is 18.9. The number of nitrogens with one attached hydrogen (secondary N) is 1. The average molecular weight is 413 g/mol. The van der Waals surface area contributed by atoms with Gasteiger partial charge >= 0.3 is 0 Å². The van der Waals surface area contributed by atoms with Crippen molar-refractivity contribution in [1.29, 1.82) is 0 Å². The minimum Gasteiger partial charge on any atom is -0.497 e. The van der Waals surface area contributed by atoms with Gasteiger partial charge in [-0.3, -0.25) is 0 Å². The lowest BCUT2D eigenvalue weighted by atomic mass is 10.1. The van der Waals surface area contributed by atoms with E-state index >= 15 is 0 Å². The maximum Gasteiger partial charge on any atom is 0.194 e. The molecule has 0 fully saturated rings. The van der Waals surface area contributed by atoms with Gasteiger partial charge in [0.05, 0.1) is 7.11 Å². The third-order valence-corrected chi connectivity index (χ3v) is 5.17. The first-order valence-electron chi connectivity index (χ1n) is 10.6. The molecule has 7 heteroatoms. The van der Waals surface area contributed by atoms with E-state index in [-0.39, 0.29) is 0 Å². The Morgan fingerprint density at radius 2 is 2.00 bits per heavy atom. The number of methoxy groups -OCH3 is 1. The number of unbranched alkanes of at least 4 members (excludes halogenated alkanes) is 3. The molecule has 0 radical (unpaired) electrons. The summed E-state index contributed by atoms with van der Waals surface area (Å²) < 4.78 is 7.21. The molecule has 1 N–H and O–H groups in total.